The number of nitrogens with two attached hydrogens (primary N) is 1. The topological polar surface area (TPSA) is 56.7 Å². The number of hydrogen-bond acceptors (Lipinski definition) is 3. The van der Waals surface area contributed by atoms with E-state index in [1.165, 1.54) is 4.80 Å². The van der Waals surface area contributed by atoms with Crippen LogP contribution in [-0.2, 0) is 13.6 Å². The molecule has 4 heteroatoms. The van der Waals surface area contributed by atoms with Crippen LogP contribution in [0.15, 0.2) is 0 Å². The van der Waals surface area contributed by atoms with Crippen LogP contribution in [0.5, 0.6) is 0 Å². The van der Waals surface area contributed by atoms with Crippen LogP contribution in [0.1, 0.15) is 11.4 Å². The molecule has 4 nitrogen and oxygen atoms in total. The lowest BCUT2D eigenvalue weighted by molar-refractivity contribution is 0.642. The summed E-state index contributed by atoms with van der Waals surface area (Å²) in [5, 5.41) is 8.02. The molecule has 1 aromatic rings. The van der Waals surface area contributed by atoms with E-state index >= 15 is 0 Å². The van der Waals surface area contributed by atoms with Crippen molar-refractivity contribution in [1.29, 1.82) is 0 Å². The second kappa shape index (κ2) is 2.14. The fraction of sp³-hybridized carbons (Fsp3) is 0.600. The zero-order valence-corrected chi connectivity index (χ0v) is 5.63. The Morgan fingerprint density at radius 2 is 2.22 bits per heavy atom. The van der Waals surface area contributed by atoms with Crippen LogP contribution in [-0.4, -0.2) is 15.0 Å². The Bertz CT molecular complexity index is 203. The average Bonchev–Trinajstić information content (AvgIpc) is 2.10. The molecular weight excluding hydrogens is 116 g/mol. The van der Waals surface area contributed by atoms with Crippen LogP contribution < -0.4 is 5.73 Å². The van der Waals surface area contributed by atoms with Gasteiger partial charge < -0.3 is 5.73 Å². The molecule has 9 heavy (non-hydrogen) atoms. The maximum atomic E-state index is 5.35. The van der Waals surface area contributed by atoms with E-state index in [4.69, 9.17) is 5.73 Å². The third-order valence-corrected chi connectivity index (χ3v) is 1.17. The Labute approximate surface area is 53.7 Å². The van der Waals surface area contributed by atoms with Crippen molar-refractivity contribution in [3.63, 3.8) is 0 Å². The monoisotopic (exact) mass is 126 g/mol. The predicted molar refractivity (Wildman–Crippen MR) is 33.6 cm³/mol. The number of hydrogen-bond donors (Lipinski definition) is 1. The molecule has 0 unspecified atom stereocenters. The van der Waals surface area contributed by atoms with E-state index in [-0.39, 0.29) is 0 Å². The van der Waals surface area contributed by atoms with E-state index in [0.29, 0.717) is 6.54 Å². The molecule has 0 atom stereocenters. The largest absolute Gasteiger partial charge is 0.325 e. The summed E-state index contributed by atoms with van der Waals surface area (Å²) in [5.74, 6) is 0. The maximum absolute atomic E-state index is 5.35. The highest BCUT2D eigenvalue weighted by atomic mass is 15.5. The smallest absolute Gasteiger partial charge is 0.0991 e. The average molecular weight is 126 g/mol. The molecule has 0 fully saturated rings. The van der Waals surface area contributed by atoms with E-state index in [1.54, 1.807) is 7.05 Å². The molecule has 0 saturated heterocycles. The first kappa shape index (κ1) is 6.22. The molecule has 1 aromatic heterocycles. The van der Waals surface area contributed by atoms with Gasteiger partial charge in [-0.2, -0.15) is 15.0 Å². The highest BCUT2D eigenvalue weighted by Crippen LogP contribution is 1.96. The van der Waals surface area contributed by atoms with Crippen molar-refractivity contribution in [1.82, 2.24) is 15.0 Å². The lowest BCUT2D eigenvalue weighted by Crippen LogP contribution is -1.99. The third kappa shape index (κ3) is 1.08. The van der Waals surface area contributed by atoms with Gasteiger partial charge in [0.25, 0.3) is 0 Å². The minimum Gasteiger partial charge on any atom is -0.325 e. The SMILES string of the molecule is Cc1nn(C)nc1CN. The highest BCUT2D eigenvalue weighted by Gasteiger charge is 1.99. The summed E-state index contributed by atoms with van der Waals surface area (Å²) in [7, 11) is 1.78. The van der Waals surface area contributed by atoms with Gasteiger partial charge in [-0.1, -0.05) is 0 Å². The van der Waals surface area contributed by atoms with E-state index in [9.17, 15) is 0 Å². The fourth-order valence-corrected chi connectivity index (χ4v) is 0.733. The van der Waals surface area contributed by atoms with Gasteiger partial charge in [-0.15, -0.1) is 0 Å². The maximum Gasteiger partial charge on any atom is 0.0991 e. The Morgan fingerprint density at radius 1 is 1.56 bits per heavy atom. The van der Waals surface area contributed by atoms with E-state index < -0.39 is 0 Å². The minimum atomic E-state index is 0.472. The van der Waals surface area contributed by atoms with Crippen LogP contribution in [0.4, 0.5) is 0 Å². The Hall–Kier alpha value is -0.900. The molecule has 2 N–H and O–H groups in total. The number of nitrogens with zero attached hydrogens (tertiary/aromatic N) is 3. The lowest BCUT2D eigenvalue weighted by Gasteiger charge is -1.83. The van der Waals surface area contributed by atoms with Gasteiger partial charge in [0, 0.05) is 13.6 Å². The minimum absolute atomic E-state index is 0.472. The van der Waals surface area contributed by atoms with E-state index in [0.717, 1.165) is 11.4 Å². The molecule has 0 bridgehead atoms. The summed E-state index contributed by atoms with van der Waals surface area (Å²) in [5.41, 5.74) is 7.14. The first-order chi connectivity index (χ1) is 4.24. The van der Waals surface area contributed by atoms with Crippen molar-refractivity contribution in [3.8, 4) is 0 Å². The first-order valence-corrected chi connectivity index (χ1v) is 2.81. The Kier molecular flexibility index (Phi) is 1.48. The highest BCUT2D eigenvalue weighted by molar-refractivity contribution is 5.04. The zero-order valence-electron chi connectivity index (χ0n) is 5.63. The van der Waals surface area contributed by atoms with Crippen LogP contribution in [0.2, 0.25) is 0 Å². The summed E-state index contributed by atoms with van der Waals surface area (Å²) >= 11 is 0. The molecule has 1 rings (SSSR count). The molecule has 0 aliphatic rings. The van der Waals surface area contributed by atoms with Crippen LogP contribution in [0.25, 0.3) is 0 Å². The molecule has 0 aliphatic carbocycles. The van der Waals surface area contributed by atoms with Crippen LogP contribution in [0, 0.1) is 6.92 Å². The molecule has 0 aliphatic heterocycles. The molecule has 0 radical (unpaired) electrons. The normalized spacial score (nSPS) is 10.1. The second-order valence-corrected chi connectivity index (χ2v) is 1.93. The van der Waals surface area contributed by atoms with Crippen molar-refractivity contribution in [2.45, 2.75) is 13.5 Å². The van der Waals surface area contributed by atoms with E-state index in [2.05, 4.69) is 10.2 Å². The van der Waals surface area contributed by atoms with Gasteiger partial charge >= 0.3 is 0 Å². The summed E-state index contributed by atoms with van der Waals surface area (Å²) in [6.45, 7) is 2.37. The lowest BCUT2D eigenvalue weighted by atomic mass is 10.4. The molecular formula is C5H10N4. The Balaban J connectivity index is 3.01. The van der Waals surface area contributed by atoms with Gasteiger partial charge in [0.05, 0.1) is 11.4 Å². The molecule has 0 spiro atoms. The standard InChI is InChI=1S/C5H10N4/c1-4-5(3-6)8-9(2)7-4/h3,6H2,1-2H3. The second-order valence-electron chi connectivity index (χ2n) is 1.93. The fourth-order valence-electron chi connectivity index (χ4n) is 0.733. The molecule has 50 valence electrons. The number of aromatic nitrogens is 3. The molecule has 0 amide bonds. The zero-order chi connectivity index (χ0) is 6.85. The summed E-state index contributed by atoms with van der Waals surface area (Å²) in [6.07, 6.45) is 0. The van der Waals surface area contributed by atoms with Crippen molar-refractivity contribution in [2.24, 2.45) is 12.8 Å². The Morgan fingerprint density at radius 3 is 2.44 bits per heavy atom. The molecule has 0 aromatic carbocycles. The van der Waals surface area contributed by atoms with Crippen molar-refractivity contribution in [3.05, 3.63) is 11.4 Å². The molecule has 1 heterocycles. The summed E-state index contributed by atoms with van der Waals surface area (Å²) < 4.78 is 0. The van der Waals surface area contributed by atoms with Gasteiger partial charge in [0.2, 0.25) is 0 Å². The van der Waals surface area contributed by atoms with Crippen molar-refractivity contribution in [2.75, 3.05) is 0 Å². The van der Waals surface area contributed by atoms with Gasteiger partial charge in [0.1, 0.15) is 0 Å². The van der Waals surface area contributed by atoms with Crippen LogP contribution >= 0.6 is 0 Å². The quantitative estimate of drug-likeness (QED) is 0.556. The van der Waals surface area contributed by atoms with Gasteiger partial charge in [0.15, 0.2) is 0 Å². The first-order valence-electron chi connectivity index (χ1n) is 2.81. The molecule has 0 saturated carbocycles. The van der Waals surface area contributed by atoms with E-state index in [1.807, 2.05) is 6.92 Å². The van der Waals surface area contributed by atoms with Gasteiger partial charge in [-0.3, -0.25) is 0 Å². The van der Waals surface area contributed by atoms with Gasteiger partial charge in [-0.05, 0) is 6.92 Å². The summed E-state index contributed by atoms with van der Waals surface area (Å²) in [4.78, 5) is 1.53. The number of aryl methyl sites for hydroxylation is 2. The van der Waals surface area contributed by atoms with Crippen LogP contribution in [0.3, 0.4) is 0 Å². The number of rotatable bonds is 1. The third-order valence-electron chi connectivity index (χ3n) is 1.17. The van der Waals surface area contributed by atoms with Crippen molar-refractivity contribution < 1.29 is 0 Å². The van der Waals surface area contributed by atoms with Gasteiger partial charge in [-0.25, -0.2) is 0 Å². The predicted octanol–water partition coefficient (Wildman–Crippen LogP) is -0.418. The van der Waals surface area contributed by atoms with Crippen molar-refractivity contribution >= 4 is 0 Å². The summed E-state index contributed by atoms with van der Waals surface area (Å²) in [6, 6.07) is 0.